The van der Waals surface area contributed by atoms with Crippen LogP contribution in [0.2, 0.25) is 5.02 Å². The van der Waals surface area contributed by atoms with Gasteiger partial charge in [-0.05, 0) is 18.7 Å². The van der Waals surface area contributed by atoms with Crippen molar-refractivity contribution in [3.8, 4) is 0 Å². The summed E-state index contributed by atoms with van der Waals surface area (Å²) in [5.41, 5.74) is 0. The molecule has 0 amide bonds. The molecule has 0 aliphatic carbocycles. The molecular weight excluding hydrogens is 306 g/mol. The monoisotopic (exact) mass is 323 g/mol. The van der Waals surface area contributed by atoms with Crippen LogP contribution in [0.1, 0.15) is 13.3 Å². The maximum absolute atomic E-state index is 12.0. The van der Waals surface area contributed by atoms with Gasteiger partial charge in [-0.2, -0.15) is 11.8 Å². The van der Waals surface area contributed by atoms with Crippen molar-refractivity contribution < 1.29 is 8.42 Å². The zero-order valence-electron chi connectivity index (χ0n) is 11.1. The van der Waals surface area contributed by atoms with E-state index in [1.165, 1.54) is 12.3 Å². The Morgan fingerprint density at radius 2 is 2.21 bits per heavy atom. The fourth-order valence-corrected chi connectivity index (χ4v) is 3.05. The average molecular weight is 324 g/mol. The second kappa shape index (κ2) is 7.33. The van der Waals surface area contributed by atoms with Crippen LogP contribution in [0.3, 0.4) is 0 Å². The smallest absolute Gasteiger partial charge is 0.242 e. The SMILES string of the molecule is CNc1ncc(S(=O)(=O)NCCC(C)SC)cc1Cl. The third-order valence-corrected chi connectivity index (χ3v) is 5.37. The summed E-state index contributed by atoms with van der Waals surface area (Å²) in [4.78, 5) is 4.03. The van der Waals surface area contributed by atoms with Crippen LogP contribution in [0.4, 0.5) is 5.82 Å². The molecule has 2 N–H and O–H groups in total. The molecule has 1 aromatic heterocycles. The van der Waals surface area contributed by atoms with E-state index >= 15 is 0 Å². The molecule has 8 heteroatoms. The van der Waals surface area contributed by atoms with Crippen LogP contribution in [0.25, 0.3) is 0 Å². The zero-order valence-corrected chi connectivity index (χ0v) is 13.5. The highest BCUT2D eigenvalue weighted by Crippen LogP contribution is 2.21. The lowest BCUT2D eigenvalue weighted by molar-refractivity contribution is 0.578. The topological polar surface area (TPSA) is 71.1 Å². The van der Waals surface area contributed by atoms with Crippen LogP contribution < -0.4 is 10.0 Å². The summed E-state index contributed by atoms with van der Waals surface area (Å²) in [6.07, 6.45) is 4.06. The van der Waals surface area contributed by atoms with Gasteiger partial charge in [-0.25, -0.2) is 18.1 Å². The van der Waals surface area contributed by atoms with E-state index in [1.54, 1.807) is 18.8 Å². The third-order valence-electron chi connectivity index (χ3n) is 2.61. The molecule has 5 nitrogen and oxygen atoms in total. The number of hydrogen-bond donors (Lipinski definition) is 2. The minimum absolute atomic E-state index is 0.0771. The Balaban J connectivity index is 2.75. The Morgan fingerprint density at radius 1 is 1.53 bits per heavy atom. The molecule has 0 radical (unpaired) electrons. The minimum atomic E-state index is -3.55. The number of nitrogens with one attached hydrogen (secondary N) is 2. The number of anilines is 1. The molecule has 1 aromatic rings. The average Bonchev–Trinajstić information content (AvgIpc) is 2.38. The van der Waals surface area contributed by atoms with Crippen LogP contribution in [0, 0.1) is 0 Å². The van der Waals surface area contributed by atoms with Crippen molar-refractivity contribution in [3.63, 3.8) is 0 Å². The quantitative estimate of drug-likeness (QED) is 0.805. The molecule has 1 unspecified atom stereocenters. The summed E-state index contributed by atoms with van der Waals surface area (Å²) in [6.45, 7) is 2.45. The number of sulfonamides is 1. The van der Waals surface area contributed by atoms with E-state index in [-0.39, 0.29) is 9.92 Å². The summed E-state index contributed by atoms with van der Waals surface area (Å²) in [6, 6.07) is 1.39. The normalized spacial score (nSPS) is 13.3. The van der Waals surface area contributed by atoms with Crippen molar-refractivity contribution in [1.82, 2.24) is 9.71 Å². The number of halogens is 1. The Hall–Kier alpha value is -0.500. The van der Waals surface area contributed by atoms with Gasteiger partial charge in [0.05, 0.1) is 5.02 Å². The van der Waals surface area contributed by atoms with Crippen LogP contribution >= 0.6 is 23.4 Å². The van der Waals surface area contributed by atoms with Crippen molar-refractivity contribution in [2.45, 2.75) is 23.5 Å². The van der Waals surface area contributed by atoms with Gasteiger partial charge in [0.1, 0.15) is 10.7 Å². The first-order valence-electron chi connectivity index (χ1n) is 5.76. The van der Waals surface area contributed by atoms with E-state index < -0.39 is 10.0 Å². The van der Waals surface area contributed by atoms with Crippen molar-refractivity contribution >= 4 is 39.2 Å². The highest BCUT2D eigenvalue weighted by atomic mass is 35.5. The molecule has 0 aliphatic heterocycles. The van der Waals surface area contributed by atoms with Crippen LogP contribution in [0.15, 0.2) is 17.2 Å². The Morgan fingerprint density at radius 3 is 2.74 bits per heavy atom. The fraction of sp³-hybridized carbons (Fsp3) is 0.545. The first kappa shape index (κ1) is 16.6. The first-order valence-corrected chi connectivity index (χ1v) is 8.91. The highest BCUT2D eigenvalue weighted by Gasteiger charge is 2.16. The van der Waals surface area contributed by atoms with Crippen molar-refractivity contribution in [1.29, 1.82) is 0 Å². The molecule has 0 spiro atoms. The van der Waals surface area contributed by atoms with Crippen molar-refractivity contribution in [2.75, 3.05) is 25.2 Å². The number of aromatic nitrogens is 1. The van der Waals surface area contributed by atoms with Gasteiger partial charge in [0.2, 0.25) is 10.0 Å². The third kappa shape index (κ3) is 4.83. The highest BCUT2D eigenvalue weighted by molar-refractivity contribution is 7.99. The molecule has 1 heterocycles. The number of thioether (sulfide) groups is 1. The summed E-state index contributed by atoms with van der Waals surface area (Å²) < 4.78 is 26.6. The molecule has 0 aromatic carbocycles. The fourth-order valence-electron chi connectivity index (χ4n) is 1.35. The van der Waals surface area contributed by atoms with Gasteiger partial charge >= 0.3 is 0 Å². The molecule has 1 atom stereocenters. The molecule has 0 saturated heterocycles. The van der Waals surface area contributed by atoms with Crippen molar-refractivity contribution in [3.05, 3.63) is 17.3 Å². The van der Waals surface area contributed by atoms with E-state index in [0.717, 1.165) is 6.42 Å². The van der Waals surface area contributed by atoms with E-state index in [9.17, 15) is 8.42 Å². The summed E-state index contributed by atoms with van der Waals surface area (Å²) >= 11 is 7.62. The second-order valence-electron chi connectivity index (χ2n) is 3.98. The summed E-state index contributed by atoms with van der Waals surface area (Å²) in [5, 5.41) is 3.47. The number of pyridine rings is 1. The number of nitrogens with zero attached hydrogens (tertiary/aromatic N) is 1. The zero-order chi connectivity index (χ0) is 14.5. The van der Waals surface area contributed by atoms with Gasteiger partial charge in [0.15, 0.2) is 0 Å². The van der Waals surface area contributed by atoms with Crippen LogP contribution in [-0.4, -0.2) is 38.5 Å². The number of rotatable bonds is 7. The molecule has 0 aliphatic rings. The molecule has 0 bridgehead atoms. The Labute approximate surface area is 123 Å². The van der Waals surface area contributed by atoms with E-state index in [4.69, 9.17) is 11.6 Å². The van der Waals surface area contributed by atoms with Gasteiger partial charge in [0, 0.05) is 25.0 Å². The molecule has 108 valence electrons. The van der Waals surface area contributed by atoms with Crippen LogP contribution in [0.5, 0.6) is 0 Å². The van der Waals surface area contributed by atoms with Gasteiger partial charge in [-0.1, -0.05) is 18.5 Å². The van der Waals surface area contributed by atoms with Crippen LogP contribution in [-0.2, 0) is 10.0 Å². The minimum Gasteiger partial charge on any atom is -0.372 e. The Bertz CT molecular complexity index is 523. The lowest BCUT2D eigenvalue weighted by atomic mass is 10.3. The number of hydrogen-bond acceptors (Lipinski definition) is 5. The Kier molecular flexibility index (Phi) is 6.38. The maximum atomic E-state index is 12.0. The standard InChI is InChI=1S/C11H18ClN3O2S2/c1-8(18-3)4-5-15-19(16,17)9-6-10(12)11(13-2)14-7-9/h6-8,15H,4-5H2,1-3H3,(H,13,14). The maximum Gasteiger partial charge on any atom is 0.242 e. The summed E-state index contributed by atoms with van der Waals surface area (Å²) in [5.74, 6) is 0.455. The largest absolute Gasteiger partial charge is 0.372 e. The van der Waals surface area contributed by atoms with Crippen molar-refractivity contribution in [2.24, 2.45) is 0 Å². The van der Waals surface area contributed by atoms with Gasteiger partial charge in [-0.15, -0.1) is 0 Å². The molecule has 0 saturated carbocycles. The first-order chi connectivity index (χ1) is 8.90. The predicted molar refractivity (Wildman–Crippen MR) is 81.6 cm³/mol. The van der Waals surface area contributed by atoms with Gasteiger partial charge in [-0.3, -0.25) is 0 Å². The second-order valence-corrected chi connectivity index (χ2v) is 7.43. The lowest BCUT2D eigenvalue weighted by Gasteiger charge is -2.10. The van der Waals surface area contributed by atoms with E-state index in [0.29, 0.717) is 17.6 Å². The predicted octanol–water partition coefficient (Wildman–Crippen LogP) is 2.20. The molecule has 19 heavy (non-hydrogen) atoms. The molecular formula is C11H18ClN3O2S2. The lowest BCUT2D eigenvalue weighted by Crippen LogP contribution is -2.26. The van der Waals surface area contributed by atoms with E-state index in [2.05, 4.69) is 21.9 Å². The summed E-state index contributed by atoms with van der Waals surface area (Å²) in [7, 11) is -1.87. The molecule has 1 rings (SSSR count). The van der Waals surface area contributed by atoms with Gasteiger partial charge in [0.25, 0.3) is 0 Å². The molecule has 0 fully saturated rings. The van der Waals surface area contributed by atoms with Gasteiger partial charge < -0.3 is 5.32 Å². The van der Waals surface area contributed by atoms with E-state index in [1.807, 2.05) is 6.26 Å².